The van der Waals surface area contributed by atoms with Crippen molar-refractivity contribution < 1.29 is 4.79 Å². The molecule has 0 saturated carbocycles. The topological polar surface area (TPSA) is 80.9 Å². The lowest BCUT2D eigenvalue weighted by atomic mass is 10.1. The molecule has 100 valence electrons. The highest BCUT2D eigenvalue weighted by atomic mass is 16.1. The summed E-state index contributed by atoms with van der Waals surface area (Å²) in [7, 11) is 0. The van der Waals surface area contributed by atoms with Crippen molar-refractivity contribution in [3.8, 4) is 11.8 Å². The number of pyridine rings is 2. The first-order valence-corrected chi connectivity index (χ1v) is 6.06. The Kier molecular flexibility index (Phi) is 4.43. The van der Waals surface area contributed by atoms with Gasteiger partial charge in [0, 0.05) is 18.6 Å². The van der Waals surface area contributed by atoms with Crippen molar-refractivity contribution in [1.29, 1.82) is 0 Å². The summed E-state index contributed by atoms with van der Waals surface area (Å²) >= 11 is 0. The number of aryl methyl sites for hydroxylation is 1. The van der Waals surface area contributed by atoms with Gasteiger partial charge >= 0.3 is 0 Å². The highest BCUT2D eigenvalue weighted by Gasteiger charge is 2.10. The lowest BCUT2D eigenvalue weighted by Gasteiger charge is -2.06. The summed E-state index contributed by atoms with van der Waals surface area (Å²) in [6, 6.07) is 3.47. The lowest BCUT2D eigenvalue weighted by Crippen LogP contribution is -2.14. The van der Waals surface area contributed by atoms with E-state index in [0.29, 0.717) is 16.8 Å². The van der Waals surface area contributed by atoms with Crippen LogP contribution in [0, 0.1) is 18.8 Å². The summed E-state index contributed by atoms with van der Waals surface area (Å²) in [4.78, 5) is 20.2. The normalized spacial score (nSPS) is 9.50. The summed E-state index contributed by atoms with van der Waals surface area (Å²) in [5.41, 5.74) is 7.97. The quantitative estimate of drug-likeness (QED) is 0.804. The van der Waals surface area contributed by atoms with Crippen LogP contribution in [-0.2, 0) is 0 Å². The van der Waals surface area contributed by atoms with E-state index in [1.54, 1.807) is 30.9 Å². The molecule has 20 heavy (non-hydrogen) atoms. The molecule has 0 unspecified atom stereocenters. The largest absolute Gasteiger partial charge is 0.321 e. The van der Waals surface area contributed by atoms with Gasteiger partial charge in [-0.3, -0.25) is 14.8 Å². The molecule has 0 aliphatic rings. The van der Waals surface area contributed by atoms with Crippen LogP contribution in [0.15, 0.2) is 36.9 Å². The number of hydrogen-bond acceptors (Lipinski definition) is 4. The van der Waals surface area contributed by atoms with Gasteiger partial charge < -0.3 is 11.1 Å². The minimum Gasteiger partial charge on any atom is -0.321 e. The number of carbonyl (C=O) groups is 1. The molecule has 2 rings (SSSR count). The highest BCUT2D eigenvalue weighted by molar-refractivity contribution is 6.05. The Morgan fingerprint density at radius 3 is 2.95 bits per heavy atom. The van der Waals surface area contributed by atoms with Gasteiger partial charge in [-0.2, -0.15) is 0 Å². The molecule has 2 heterocycles. The summed E-state index contributed by atoms with van der Waals surface area (Å²) in [5.74, 6) is 5.31. The predicted molar refractivity (Wildman–Crippen MR) is 77.1 cm³/mol. The highest BCUT2D eigenvalue weighted by Crippen LogP contribution is 2.11. The molecule has 2 aromatic rings. The number of aromatic nitrogens is 2. The molecule has 0 aliphatic heterocycles. The van der Waals surface area contributed by atoms with E-state index >= 15 is 0 Å². The Morgan fingerprint density at radius 1 is 1.35 bits per heavy atom. The fourth-order valence-electron chi connectivity index (χ4n) is 1.66. The van der Waals surface area contributed by atoms with Gasteiger partial charge in [0.25, 0.3) is 5.91 Å². The first kappa shape index (κ1) is 13.7. The average Bonchev–Trinajstić information content (AvgIpc) is 2.45. The van der Waals surface area contributed by atoms with E-state index in [0.717, 1.165) is 5.56 Å². The molecule has 0 bridgehead atoms. The Bertz CT molecular complexity index is 686. The van der Waals surface area contributed by atoms with Crippen LogP contribution in [-0.4, -0.2) is 22.4 Å². The van der Waals surface area contributed by atoms with Gasteiger partial charge in [0.15, 0.2) is 0 Å². The predicted octanol–water partition coefficient (Wildman–Crippen LogP) is 1.35. The third kappa shape index (κ3) is 3.40. The van der Waals surface area contributed by atoms with Crippen LogP contribution >= 0.6 is 0 Å². The van der Waals surface area contributed by atoms with Crippen LogP contribution < -0.4 is 11.1 Å². The van der Waals surface area contributed by atoms with Crippen molar-refractivity contribution in [2.45, 2.75) is 6.92 Å². The first-order chi connectivity index (χ1) is 9.70. The first-order valence-electron chi connectivity index (χ1n) is 6.06. The van der Waals surface area contributed by atoms with Gasteiger partial charge in [-0.15, -0.1) is 0 Å². The number of hydrogen-bond donors (Lipinski definition) is 2. The van der Waals surface area contributed by atoms with E-state index in [1.165, 1.54) is 0 Å². The minimum absolute atomic E-state index is 0.234. The van der Waals surface area contributed by atoms with Crippen LogP contribution in [0.3, 0.4) is 0 Å². The number of carbonyl (C=O) groups excluding carboxylic acids is 1. The smallest absolute Gasteiger partial charge is 0.257 e. The van der Waals surface area contributed by atoms with Crippen LogP contribution in [0.5, 0.6) is 0 Å². The monoisotopic (exact) mass is 266 g/mol. The van der Waals surface area contributed by atoms with Gasteiger partial charge in [-0.25, -0.2) is 0 Å². The number of nitrogens with zero attached hydrogens (tertiary/aromatic N) is 2. The van der Waals surface area contributed by atoms with Gasteiger partial charge in [-0.05, 0) is 24.6 Å². The fraction of sp³-hybridized carbons (Fsp3) is 0.133. The molecule has 0 aromatic carbocycles. The van der Waals surface area contributed by atoms with Crippen molar-refractivity contribution in [2.75, 3.05) is 11.9 Å². The van der Waals surface area contributed by atoms with E-state index in [2.05, 4.69) is 27.1 Å². The number of rotatable bonds is 2. The Balaban J connectivity index is 2.25. The molecule has 1 amide bonds. The van der Waals surface area contributed by atoms with E-state index in [1.807, 2.05) is 13.0 Å². The molecule has 5 nitrogen and oxygen atoms in total. The van der Waals surface area contributed by atoms with Crippen molar-refractivity contribution in [3.05, 3.63) is 53.6 Å². The third-order valence-corrected chi connectivity index (χ3v) is 2.52. The van der Waals surface area contributed by atoms with Crippen LogP contribution in [0.4, 0.5) is 5.69 Å². The second-order valence-corrected chi connectivity index (χ2v) is 4.13. The maximum absolute atomic E-state index is 12.2. The van der Waals surface area contributed by atoms with E-state index in [9.17, 15) is 4.79 Å². The average molecular weight is 266 g/mol. The molecule has 0 spiro atoms. The lowest BCUT2D eigenvalue weighted by molar-refractivity contribution is 0.102. The van der Waals surface area contributed by atoms with Gasteiger partial charge in [-0.1, -0.05) is 11.8 Å². The van der Waals surface area contributed by atoms with Gasteiger partial charge in [0.2, 0.25) is 0 Å². The zero-order chi connectivity index (χ0) is 14.4. The summed E-state index contributed by atoms with van der Waals surface area (Å²) < 4.78 is 0. The standard InChI is InChI=1S/C15H14N4O/c1-11-7-13(10-18-8-11)19-15(20)14-4-6-17-9-12(14)3-2-5-16/h4,6-10H,5,16H2,1H3,(H,19,20). The van der Waals surface area contributed by atoms with Crippen molar-refractivity contribution in [2.24, 2.45) is 5.73 Å². The third-order valence-electron chi connectivity index (χ3n) is 2.52. The number of nitrogens with one attached hydrogen (secondary N) is 1. The molecule has 5 heteroatoms. The van der Waals surface area contributed by atoms with Gasteiger partial charge in [0.1, 0.15) is 0 Å². The zero-order valence-corrected chi connectivity index (χ0v) is 11.1. The van der Waals surface area contributed by atoms with Crippen LogP contribution in [0.2, 0.25) is 0 Å². The Labute approximate surface area is 117 Å². The minimum atomic E-state index is -0.249. The summed E-state index contributed by atoms with van der Waals surface area (Å²) in [6.45, 7) is 2.14. The van der Waals surface area contributed by atoms with Gasteiger partial charge in [0.05, 0.1) is 29.6 Å². The number of amides is 1. The Hall–Kier alpha value is -2.71. The molecule has 3 N–H and O–H groups in total. The summed E-state index contributed by atoms with van der Waals surface area (Å²) in [6.07, 6.45) is 6.42. The molecule has 2 aromatic heterocycles. The van der Waals surface area contributed by atoms with E-state index in [-0.39, 0.29) is 12.5 Å². The Morgan fingerprint density at radius 2 is 2.20 bits per heavy atom. The number of nitrogens with two attached hydrogens (primary N) is 1. The molecule has 0 atom stereocenters. The van der Waals surface area contributed by atoms with Crippen LogP contribution in [0.25, 0.3) is 0 Å². The molecular formula is C15H14N4O. The molecule has 0 aliphatic carbocycles. The fourth-order valence-corrected chi connectivity index (χ4v) is 1.66. The van der Waals surface area contributed by atoms with E-state index < -0.39 is 0 Å². The molecule has 0 radical (unpaired) electrons. The maximum atomic E-state index is 12.2. The molecular weight excluding hydrogens is 252 g/mol. The van der Waals surface area contributed by atoms with Crippen LogP contribution in [0.1, 0.15) is 21.5 Å². The summed E-state index contributed by atoms with van der Waals surface area (Å²) in [5, 5.41) is 2.79. The second-order valence-electron chi connectivity index (χ2n) is 4.13. The van der Waals surface area contributed by atoms with Crippen molar-refractivity contribution in [1.82, 2.24) is 9.97 Å². The molecule has 0 fully saturated rings. The molecule has 0 saturated heterocycles. The van der Waals surface area contributed by atoms with Crippen molar-refractivity contribution >= 4 is 11.6 Å². The number of anilines is 1. The SMILES string of the molecule is Cc1cncc(NC(=O)c2ccncc2C#CCN)c1. The maximum Gasteiger partial charge on any atom is 0.257 e. The van der Waals surface area contributed by atoms with E-state index in [4.69, 9.17) is 5.73 Å². The second kappa shape index (κ2) is 6.45. The van der Waals surface area contributed by atoms with Crippen molar-refractivity contribution in [3.63, 3.8) is 0 Å². The zero-order valence-electron chi connectivity index (χ0n) is 11.1.